The molecule has 25 heavy (non-hydrogen) atoms. The molecule has 0 bridgehead atoms. The number of ether oxygens (including phenoxy) is 2. The van der Waals surface area contributed by atoms with Crippen molar-refractivity contribution < 1.29 is 19.1 Å². The zero-order chi connectivity index (χ0) is 18.4. The molecular weight excluding hydrogens is 386 g/mol. The van der Waals surface area contributed by atoms with E-state index < -0.39 is 5.97 Å². The zero-order valence-corrected chi connectivity index (χ0v) is 16.0. The van der Waals surface area contributed by atoms with Crippen molar-refractivity contribution in [1.82, 2.24) is 0 Å². The second-order valence-electron chi connectivity index (χ2n) is 5.42. The van der Waals surface area contributed by atoms with Gasteiger partial charge in [-0.25, -0.2) is 4.79 Å². The molecule has 1 amide bonds. The third kappa shape index (κ3) is 4.82. The number of amides is 1. The van der Waals surface area contributed by atoms with E-state index in [9.17, 15) is 9.59 Å². The molecule has 0 aliphatic carbocycles. The van der Waals surface area contributed by atoms with Gasteiger partial charge in [0.2, 0.25) is 0 Å². The number of nitrogens with one attached hydrogen (secondary N) is 1. The molecule has 0 unspecified atom stereocenters. The lowest BCUT2D eigenvalue weighted by molar-refractivity contribution is -0.118. The lowest BCUT2D eigenvalue weighted by Crippen LogP contribution is -2.21. The van der Waals surface area contributed by atoms with Crippen LogP contribution in [0.2, 0.25) is 0 Å². The van der Waals surface area contributed by atoms with Crippen molar-refractivity contribution in [2.45, 2.75) is 20.3 Å². The molecule has 0 fully saturated rings. The van der Waals surface area contributed by atoms with E-state index in [4.69, 9.17) is 9.47 Å². The van der Waals surface area contributed by atoms with Gasteiger partial charge >= 0.3 is 5.97 Å². The average molecular weight is 406 g/mol. The number of hydrogen-bond acceptors (Lipinski definition) is 4. The van der Waals surface area contributed by atoms with Crippen LogP contribution >= 0.6 is 15.9 Å². The van der Waals surface area contributed by atoms with Crippen LogP contribution in [0.25, 0.3) is 0 Å². The fourth-order valence-corrected chi connectivity index (χ4v) is 2.85. The Hall–Kier alpha value is -2.34. The minimum atomic E-state index is -0.440. The van der Waals surface area contributed by atoms with Crippen LogP contribution in [-0.2, 0) is 16.0 Å². The van der Waals surface area contributed by atoms with Crippen molar-refractivity contribution in [1.29, 1.82) is 0 Å². The second kappa shape index (κ2) is 8.67. The van der Waals surface area contributed by atoms with E-state index in [1.165, 1.54) is 12.7 Å². The highest BCUT2D eigenvalue weighted by Crippen LogP contribution is 2.26. The van der Waals surface area contributed by atoms with Gasteiger partial charge in [0.15, 0.2) is 6.61 Å². The largest absolute Gasteiger partial charge is 0.483 e. The maximum atomic E-state index is 12.2. The van der Waals surface area contributed by atoms with Crippen molar-refractivity contribution in [3.63, 3.8) is 0 Å². The molecular formula is C19H20BrNO4. The van der Waals surface area contributed by atoms with Crippen molar-refractivity contribution in [2.75, 3.05) is 19.0 Å². The van der Waals surface area contributed by atoms with Gasteiger partial charge < -0.3 is 14.8 Å². The van der Waals surface area contributed by atoms with Crippen LogP contribution in [-0.4, -0.2) is 25.6 Å². The van der Waals surface area contributed by atoms with Crippen molar-refractivity contribution >= 4 is 33.5 Å². The molecule has 6 heteroatoms. The highest BCUT2D eigenvalue weighted by Gasteiger charge is 2.14. The number of rotatable bonds is 6. The molecule has 0 spiro atoms. The number of halogens is 1. The van der Waals surface area contributed by atoms with Crippen molar-refractivity contribution in [3.05, 3.63) is 57.6 Å². The van der Waals surface area contributed by atoms with E-state index >= 15 is 0 Å². The summed E-state index contributed by atoms with van der Waals surface area (Å²) in [5.41, 5.74) is 2.80. The number of hydrogen-bond donors (Lipinski definition) is 1. The molecule has 0 atom stereocenters. The monoisotopic (exact) mass is 405 g/mol. The third-order valence-electron chi connectivity index (χ3n) is 3.78. The average Bonchev–Trinajstić information content (AvgIpc) is 2.61. The summed E-state index contributed by atoms with van der Waals surface area (Å²) in [6.07, 6.45) is 0.926. The standard InChI is InChI=1S/C19H20BrNO4/c1-4-13-8-9-17(15(20)10-13)25-11-18(22)21-16-7-5-6-14(12(16)2)19(23)24-3/h5-10H,4,11H2,1-3H3,(H,21,22). The quantitative estimate of drug-likeness (QED) is 0.733. The number of esters is 1. The normalized spacial score (nSPS) is 10.2. The molecule has 2 rings (SSSR count). The first-order chi connectivity index (χ1) is 12.0. The summed E-state index contributed by atoms with van der Waals surface area (Å²) in [6, 6.07) is 10.8. The molecule has 0 radical (unpaired) electrons. The van der Waals surface area contributed by atoms with Gasteiger partial charge in [-0.05, 0) is 64.7 Å². The lowest BCUT2D eigenvalue weighted by Gasteiger charge is -2.12. The number of anilines is 1. The molecule has 0 saturated carbocycles. The topological polar surface area (TPSA) is 64.6 Å². The first kappa shape index (κ1) is 19.0. The number of carbonyl (C=O) groups is 2. The van der Waals surface area contributed by atoms with E-state index in [0.717, 1.165) is 10.9 Å². The number of methoxy groups -OCH3 is 1. The van der Waals surface area contributed by atoms with E-state index in [1.54, 1.807) is 25.1 Å². The van der Waals surface area contributed by atoms with Gasteiger partial charge in [-0.1, -0.05) is 19.1 Å². The van der Waals surface area contributed by atoms with E-state index in [1.807, 2.05) is 18.2 Å². The Kier molecular flexibility index (Phi) is 6.58. The van der Waals surface area contributed by atoms with Crippen LogP contribution in [0.4, 0.5) is 5.69 Å². The fraction of sp³-hybridized carbons (Fsp3) is 0.263. The maximum Gasteiger partial charge on any atom is 0.338 e. The predicted molar refractivity (Wildman–Crippen MR) is 100 cm³/mol. The van der Waals surface area contributed by atoms with Gasteiger partial charge in [-0.2, -0.15) is 0 Å². The summed E-state index contributed by atoms with van der Waals surface area (Å²) in [6.45, 7) is 3.69. The van der Waals surface area contributed by atoms with Gasteiger partial charge in [-0.15, -0.1) is 0 Å². The Balaban J connectivity index is 2.02. The highest BCUT2D eigenvalue weighted by atomic mass is 79.9. The molecule has 132 valence electrons. The molecule has 0 heterocycles. The van der Waals surface area contributed by atoms with E-state index in [2.05, 4.69) is 28.2 Å². The Bertz CT molecular complexity index is 789. The molecule has 0 aromatic heterocycles. The Morgan fingerprint density at radius 1 is 1.20 bits per heavy atom. The summed E-state index contributed by atoms with van der Waals surface area (Å²) >= 11 is 3.44. The van der Waals surface area contributed by atoms with Crippen LogP contribution in [0.5, 0.6) is 5.75 Å². The van der Waals surface area contributed by atoms with Crippen LogP contribution < -0.4 is 10.1 Å². The van der Waals surface area contributed by atoms with Crippen LogP contribution in [0.1, 0.15) is 28.4 Å². The second-order valence-corrected chi connectivity index (χ2v) is 6.28. The Labute approximate surface area is 155 Å². The molecule has 2 aromatic carbocycles. The van der Waals surface area contributed by atoms with Crippen molar-refractivity contribution in [2.24, 2.45) is 0 Å². The fourth-order valence-electron chi connectivity index (χ4n) is 2.31. The smallest absolute Gasteiger partial charge is 0.338 e. The Morgan fingerprint density at radius 3 is 2.60 bits per heavy atom. The molecule has 5 nitrogen and oxygen atoms in total. The summed E-state index contributed by atoms with van der Waals surface area (Å²) in [4.78, 5) is 23.9. The minimum Gasteiger partial charge on any atom is -0.483 e. The van der Waals surface area contributed by atoms with Crippen LogP contribution in [0, 0.1) is 6.92 Å². The van der Waals surface area contributed by atoms with Crippen LogP contribution in [0.3, 0.4) is 0 Å². The molecule has 0 aliphatic rings. The SMILES string of the molecule is CCc1ccc(OCC(=O)Nc2cccc(C(=O)OC)c2C)c(Br)c1. The van der Waals surface area contributed by atoms with Gasteiger partial charge in [0.25, 0.3) is 5.91 Å². The molecule has 0 aliphatic heterocycles. The molecule has 2 aromatic rings. The number of carbonyl (C=O) groups excluding carboxylic acids is 2. The van der Waals surface area contributed by atoms with Crippen LogP contribution in [0.15, 0.2) is 40.9 Å². The van der Waals surface area contributed by atoms with Gasteiger partial charge in [0, 0.05) is 5.69 Å². The summed E-state index contributed by atoms with van der Waals surface area (Å²) in [5.74, 6) is -0.145. The van der Waals surface area contributed by atoms with Gasteiger partial charge in [0.1, 0.15) is 5.75 Å². The first-order valence-corrected chi connectivity index (χ1v) is 8.64. The first-order valence-electron chi connectivity index (χ1n) is 7.85. The Morgan fingerprint density at radius 2 is 1.96 bits per heavy atom. The van der Waals surface area contributed by atoms with E-state index in [0.29, 0.717) is 22.6 Å². The zero-order valence-electron chi connectivity index (χ0n) is 14.4. The van der Waals surface area contributed by atoms with Gasteiger partial charge in [0.05, 0.1) is 17.1 Å². The summed E-state index contributed by atoms with van der Waals surface area (Å²) in [5, 5.41) is 2.75. The number of benzene rings is 2. The van der Waals surface area contributed by atoms with Gasteiger partial charge in [-0.3, -0.25) is 4.79 Å². The minimum absolute atomic E-state index is 0.133. The van der Waals surface area contributed by atoms with E-state index in [-0.39, 0.29) is 12.5 Å². The molecule has 0 saturated heterocycles. The summed E-state index contributed by atoms with van der Waals surface area (Å²) in [7, 11) is 1.32. The van der Waals surface area contributed by atoms with Crippen molar-refractivity contribution in [3.8, 4) is 5.75 Å². The molecule has 1 N–H and O–H groups in total. The maximum absolute atomic E-state index is 12.2. The lowest BCUT2D eigenvalue weighted by atomic mass is 10.1. The number of aryl methyl sites for hydroxylation is 1. The highest BCUT2D eigenvalue weighted by molar-refractivity contribution is 9.10. The summed E-state index contributed by atoms with van der Waals surface area (Å²) < 4.78 is 11.1. The predicted octanol–water partition coefficient (Wildman–Crippen LogP) is 4.12. The third-order valence-corrected chi connectivity index (χ3v) is 4.40.